The highest BCUT2D eigenvalue weighted by atomic mass is 35.5. The van der Waals surface area contributed by atoms with Gasteiger partial charge in [-0.1, -0.05) is 35.3 Å². The Bertz CT molecular complexity index is 1280. The summed E-state index contributed by atoms with van der Waals surface area (Å²) in [5.74, 6) is -0.516. The zero-order chi connectivity index (χ0) is 22.9. The molecule has 32 heavy (non-hydrogen) atoms. The number of thiazole rings is 1. The first kappa shape index (κ1) is 22.4. The lowest BCUT2D eigenvalue weighted by Gasteiger charge is -2.09. The number of hydrogen-bond acceptors (Lipinski definition) is 4. The molecule has 1 N–H and O–H groups in total. The highest BCUT2D eigenvalue weighted by Crippen LogP contribution is 2.37. The van der Waals surface area contributed by atoms with Gasteiger partial charge in [0, 0.05) is 28.1 Å². The Labute approximate surface area is 194 Å². The summed E-state index contributed by atoms with van der Waals surface area (Å²) < 4.78 is 44.7. The van der Waals surface area contributed by atoms with Crippen LogP contribution in [0.1, 0.15) is 26.6 Å². The Hall–Kier alpha value is -2.81. The minimum absolute atomic E-state index is 0.0601. The average Bonchev–Trinajstić information content (AvgIpc) is 3.37. The molecule has 0 fully saturated rings. The maximum absolute atomic E-state index is 13.1. The van der Waals surface area contributed by atoms with Crippen molar-refractivity contribution in [2.24, 2.45) is 0 Å². The minimum Gasteiger partial charge on any atom is -0.451 e. The van der Waals surface area contributed by atoms with Gasteiger partial charge < -0.3 is 4.42 Å². The molecule has 2 aromatic carbocycles. The molecule has 10 heteroatoms. The molecule has 4 aromatic rings. The lowest BCUT2D eigenvalue weighted by atomic mass is 10.1. The number of nitrogens with one attached hydrogen (secondary N) is 1. The van der Waals surface area contributed by atoms with Crippen LogP contribution in [-0.4, -0.2) is 10.9 Å². The number of alkyl halides is 3. The van der Waals surface area contributed by atoms with E-state index in [1.165, 1.54) is 29.5 Å². The van der Waals surface area contributed by atoms with Gasteiger partial charge in [0.2, 0.25) is 0 Å². The largest absolute Gasteiger partial charge is 0.451 e. The van der Waals surface area contributed by atoms with Crippen LogP contribution in [0.25, 0.3) is 11.3 Å². The van der Waals surface area contributed by atoms with Crippen molar-refractivity contribution in [3.05, 3.63) is 92.6 Å². The van der Waals surface area contributed by atoms with E-state index in [-0.39, 0.29) is 17.1 Å². The smallest absolute Gasteiger partial charge is 0.417 e. The molecule has 0 saturated carbocycles. The Morgan fingerprint density at radius 1 is 1.09 bits per heavy atom. The zero-order valence-electron chi connectivity index (χ0n) is 16.0. The molecular weight excluding hydrogens is 484 g/mol. The molecule has 0 bridgehead atoms. The van der Waals surface area contributed by atoms with Gasteiger partial charge in [-0.2, -0.15) is 13.2 Å². The molecule has 0 saturated heterocycles. The fraction of sp³-hybridized carbons (Fsp3) is 0.0909. The van der Waals surface area contributed by atoms with E-state index < -0.39 is 22.7 Å². The van der Waals surface area contributed by atoms with Crippen molar-refractivity contribution in [1.29, 1.82) is 0 Å². The second-order valence-electron chi connectivity index (χ2n) is 6.75. The summed E-state index contributed by atoms with van der Waals surface area (Å²) in [5.41, 5.74) is 0.184. The average molecular weight is 497 g/mol. The van der Waals surface area contributed by atoms with E-state index in [0.29, 0.717) is 16.6 Å². The van der Waals surface area contributed by atoms with E-state index in [0.717, 1.165) is 22.6 Å². The normalized spacial score (nSPS) is 11.5. The number of amides is 1. The van der Waals surface area contributed by atoms with Crippen LogP contribution in [0.3, 0.4) is 0 Å². The van der Waals surface area contributed by atoms with Gasteiger partial charge in [-0.05, 0) is 48.0 Å². The quantitative estimate of drug-likeness (QED) is 0.309. The molecule has 164 valence electrons. The number of aromatic nitrogens is 1. The highest BCUT2D eigenvalue weighted by molar-refractivity contribution is 7.15. The van der Waals surface area contributed by atoms with E-state index in [1.807, 2.05) is 18.2 Å². The molecule has 2 heterocycles. The maximum Gasteiger partial charge on any atom is 0.417 e. The number of nitrogens with zero attached hydrogens (tertiary/aromatic N) is 1. The van der Waals surface area contributed by atoms with E-state index in [2.05, 4.69) is 10.3 Å². The molecule has 0 atom stereocenters. The minimum atomic E-state index is -4.60. The van der Waals surface area contributed by atoms with Gasteiger partial charge in [0.15, 0.2) is 10.9 Å². The van der Waals surface area contributed by atoms with Gasteiger partial charge in [-0.25, -0.2) is 4.98 Å². The second-order valence-corrected chi connectivity index (χ2v) is 8.71. The predicted molar refractivity (Wildman–Crippen MR) is 118 cm³/mol. The summed E-state index contributed by atoms with van der Waals surface area (Å²) in [7, 11) is 0. The number of carbonyl (C=O) groups excluding carboxylic acids is 1. The van der Waals surface area contributed by atoms with Crippen LogP contribution in [0.5, 0.6) is 0 Å². The van der Waals surface area contributed by atoms with Gasteiger partial charge in [0.1, 0.15) is 5.76 Å². The number of halogens is 5. The summed E-state index contributed by atoms with van der Waals surface area (Å²) >= 11 is 12.9. The predicted octanol–water partition coefficient (Wildman–Crippen LogP) is 7.57. The fourth-order valence-corrected chi connectivity index (χ4v) is 4.24. The first-order valence-corrected chi connectivity index (χ1v) is 10.7. The van der Waals surface area contributed by atoms with Crippen molar-refractivity contribution in [3.8, 4) is 11.3 Å². The monoisotopic (exact) mass is 496 g/mol. The molecule has 0 aliphatic carbocycles. The number of anilines is 1. The van der Waals surface area contributed by atoms with Crippen molar-refractivity contribution in [1.82, 2.24) is 4.98 Å². The first-order chi connectivity index (χ1) is 15.2. The van der Waals surface area contributed by atoms with Crippen molar-refractivity contribution < 1.29 is 22.4 Å². The van der Waals surface area contributed by atoms with Gasteiger partial charge in [-0.15, -0.1) is 11.3 Å². The summed E-state index contributed by atoms with van der Waals surface area (Å²) in [6.07, 6.45) is -2.34. The van der Waals surface area contributed by atoms with Crippen molar-refractivity contribution >= 4 is 45.6 Å². The standard InChI is InChI=1S/C22H13Cl2F3N2O2S/c23-14-3-1-2-12(8-14)9-15-11-28-21(32-15)29-20(30)19-7-6-18(31-19)13-4-5-17(24)16(10-13)22(25,26)27/h1-8,10-11H,9H2,(H,28,29,30). The summed E-state index contributed by atoms with van der Waals surface area (Å²) in [4.78, 5) is 17.6. The SMILES string of the molecule is O=C(Nc1ncc(Cc2cccc(Cl)c2)s1)c1ccc(-c2ccc(Cl)c(C(F)(F)F)c2)o1. The highest BCUT2D eigenvalue weighted by Gasteiger charge is 2.33. The molecule has 0 aliphatic rings. The lowest BCUT2D eigenvalue weighted by Crippen LogP contribution is -2.10. The van der Waals surface area contributed by atoms with Crippen molar-refractivity contribution in [2.45, 2.75) is 12.6 Å². The Morgan fingerprint density at radius 2 is 1.91 bits per heavy atom. The number of furan rings is 1. The molecular formula is C22H13Cl2F3N2O2S. The first-order valence-electron chi connectivity index (χ1n) is 9.16. The third-order valence-corrected chi connectivity index (χ3v) is 5.90. The molecule has 4 nitrogen and oxygen atoms in total. The van der Waals surface area contributed by atoms with Crippen LogP contribution in [-0.2, 0) is 12.6 Å². The molecule has 0 unspecified atom stereocenters. The third kappa shape index (κ3) is 5.15. The van der Waals surface area contributed by atoms with Crippen LogP contribution in [0.4, 0.5) is 18.3 Å². The topological polar surface area (TPSA) is 55.1 Å². The zero-order valence-corrected chi connectivity index (χ0v) is 18.4. The second kappa shape index (κ2) is 8.97. The molecule has 0 aliphatic heterocycles. The summed E-state index contributed by atoms with van der Waals surface area (Å²) in [6.45, 7) is 0. The van der Waals surface area contributed by atoms with Gasteiger partial charge in [-0.3, -0.25) is 10.1 Å². The Balaban J connectivity index is 1.46. The van der Waals surface area contributed by atoms with Crippen molar-refractivity contribution in [3.63, 3.8) is 0 Å². The van der Waals surface area contributed by atoms with Crippen LogP contribution < -0.4 is 5.32 Å². The van der Waals surface area contributed by atoms with Gasteiger partial charge in [0.05, 0.1) is 10.6 Å². The number of benzene rings is 2. The molecule has 4 rings (SSSR count). The lowest BCUT2D eigenvalue weighted by molar-refractivity contribution is -0.137. The van der Waals surface area contributed by atoms with Gasteiger partial charge >= 0.3 is 6.18 Å². The van der Waals surface area contributed by atoms with Crippen molar-refractivity contribution in [2.75, 3.05) is 5.32 Å². The Morgan fingerprint density at radius 3 is 2.66 bits per heavy atom. The maximum atomic E-state index is 13.1. The van der Waals surface area contributed by atoms with Crippen LogP contribution in [0, 0.1) is 0 Å². The summed E-state index contributed by atoms with van der Waals surface area (Å²) in [6, 6.07) is 13.6. The van der Waals surface area contributed by atoms with Crippen LogP contribution >= 0.6 is 34.5 Å². The fourth-order valence-electron chi connectivity index (χ4n) is 2.96. The van der Waals surface area contributed by atoms with Crippen LogP contribution in [0.2, 0.25) is 10.0 Å². The van der Waals surface area contributed by atoms with E-state index in [9.17, 15) is 18.0 Å². The van der Waals surface area contributed by atoms with Crippen LogP contribution in [0.15, 0.2) is 65.2 Å². The molecule has 1 amide bonds. The van der Waals surface area contributed by atoms with E-state index in [4.69, 9.17) is 27.6 Å². The van der Waals surface area contributed by atoms with Gasteiger partial charge in [0.25, 0.3) is 5.91 Å². The number of hydrogen-bond donors (Lipinski definition) is 1. The third-order valence-electron chi connectivity index (χ3n) is 4.43. The molecule has 0 spiro atoms. The summed E-state index contributed by atoms with van der Waals surface area (Å²) in [5, 5.41) is 3.23. The molecule has 0 radical (unpaired) electrons. The number of carbonyl (C=O) groups is 1. The van der Waals surface area contributed by atoms with E-state index in [1.54, 1.807) is 12.3 Å². The number of rotatable bonds is 5. The Kier molecular flexibility index (Phi) is 6.28. The molecule has 2 aromatic heterocycles. The van der Waals surface area contributed by atoms with E-state index >= 15 is 0 Å².